The Morgan fingerprint density at radius 2 is 2.19 bits per heavy atom. The van der Waals surface area contributed by atoms with Crippen molar-refractivity contribution in [2.24, 2.45) is 0 Å². The Hall–Kier alpha value is -1.13. The molecule has 0 amide bonds. The quantitative estimate of drug-likeness (QED) is 0.654. The molecule has 3 nitrogen and oxygen atoms in total. The highest BCUT2D eigenvalue weighted by Gasteiger charge is 2.08. The number of nitrogens with zero attached hydrogens (tertiary/aromatic N) is 2. The third kappa shape index (κ3) is 2.33. The molecule has 0 aliphatic rings. The van der Waals surface area contributed by atoms with Crippen LogP contribution in [-0.4, -0.2) is 26.9 Å². The molecule has 0 radical (unpaired) electrons. The summed E-state index contributed by atoms with van der Waals surface area (Å²) in [4.78, 5) is 8.51. The van der Waals surface area contributed by atoms with Crippen molar-refractivity contribution >= 4 is 22.7 Å². The molecule has 4 heteroatoms. The van der Waals surface area contributed by atoms with E-state index in [0.717, 1.165) is 15.9 Å². The molecule has 1 aromatic carbocycles. The predicted octanol–water partition coefficient (Wildman–Crippen LogP) is 2.41. The van der Waals surface area contributed by atoms with Gasteiger partial charge < -0.3 is 5.11 Å². The summed E-state index contributed by atoms with van der Waals surface area (Å²) in [5.41, 5.74) is 2.15. The van der Waals surface area contributed by atoms with E-state index >= 15 is 0 Å². The molecule has 1 heterocycles. The van der Waals surface area contributed by atoms with Gasteiger partial charge in [0.2, 0.25) is 0 Å². The highest BCUT2D eigenvalue weighted by molar-refractivity contribution is 8.00. The van der Waals surface area contributed by atoms with E-state index in [4.69, 9.17) is 5.11 Å². The molecule has 1 N–H and O–H groups in total. The van der Waals surface area contributed by atoms with Crippen LogP contribution in [0.3, 0.4) is 0 Å². The van der Waals surface area contributed by atoms with Crippen LogP contribution in [0, 0.1) is 6.92 Å². The summed E-state index contributed by atoms with van der Waals surface area (Å²) in [7, 11) is 0. The number of hydrogen-bond acceptors (Lipinski definition) is 4. The molecule has 16 heavy (non-hydrogen) atoms. The molecule has 0 aliphatic heterocycles. The second kappa shape index (κ2) is 4.80. The summed E-state index contributed by atoms with van der Waals surface area (Å²) in [5.74, 6) is 0. The maximum Gasteiger partial charge on any atom is 0.117 e. The maximum atomic E-state index is 9.06. The van der Waals surface area contributed by atoms with E-state index in [1.807, 2.05) is 19.1 Å². The summed E-state index contributed by atoms with van der Waals surface area (Å²) in [5, 5.41) is 11.2. The second-order valence-corrected chi connectivity index (χ2v) is 5.24. The normalized spacial score (nSPS) is 12.9. The van der Waals surface area contributed by atoms with Crippen molar-refractivity contribution < 1.29 is 5.11 Å². The number of aliphatic hydroxyl groups excluding tert-OH is 1. The van der Waals surface area contributed by atoms with Gasteiger partial charge in [-0.25, -0.2) is 9.97 Å². The molecule has 84 valence electrons. The van der Waals surface area contributed by atoms with Gasteiger partial charge in [0.15, 0.2) is 0 Å². The number of fused-ring (bicyclic) bond motifs is 1. The maximum absolute atomic E-state index is 9.06. The fourth-order valence-corrected chi connectivity index (χ4v) is 2.32. The lowest BCUT2D eigenvalue weighted by atomic mass is 10.2. The van der Waals surface area contributed by atoms with E-state index in [0.29, 0.717) is 0 Å². The van der Waals surface area contributed by atoms with Crippen LogP contribution in [0.25, 0.3) is 10.9 Å². The Morgan fingerprint density at radius 1 is 1.38 bits per heavy atom. The van der Waals surface area contributed by atoms with Gasteiger partial charge in [0.25, 0.3) is 0 Å². The summed E-state index contributed by atoms with van der Waals surface area (Å²) in [6, 6.07) is 6.13. The molecular weight excluding hydrogens is 220 g/mol. The van der Waals surface area contributed by atoms with Crippen LogP contribution in [0.15, 0.2) is 29.6 Å². The van der Waals surface area contributed by atoms with Crippen LogP contribution < -0.4 is 0 Å². The Bertz CT molecular complexity index is 501. The Kier molecular flexibility index (Phi) is 3.41. The Labute approximate surface area is 98.9 Å². The van der Waals surface area contributed by atoms with Crippen LogP contribution in [0.5, 0.6) is 0 Å². The lowest BCUT2D eigenvalue weighted by Gasteiger charge is -2.09. The number of benzene rings is 1. The Morgan fingerprint density at radius 3 is 2.94 bits per heavy atom. The van der Waals surface area contributed by atoms with Crippen molar-refractivity contribution in [3.63, 3.8) is 0 Å². The van der Waals surface area contributed by atoms with Gasteiger partial charge in [0, 0.05) is 10.6 Å². The molecule has 1 aromatic heterocycles. The highest BCUT2D eigenvalue weighted by Crippen LogP contribution is 2.27. The van der Waals surface area contributed by atoms with Crippen molar-refractivity contribution in [1.82, 2.24) is 9.97 Å². The molecule has 0 saturated carbocycles. The molecule has 0 spiro atoms. The SMILES string of the molecule is Cc1ccc2ncnc(SC(C)CO)c2c1. The van der Waals surface area contributed by atoms with E-state index in [1.54, 1.807) is 18.1 Å². The predicted molar refractivity (Wildman–Crippen MR) is 66.7 cm³/mol. The minimum absolute atomic E-state index is 0.151. The highest BCUT2D eigenvalue weighted by atomic mass is 32.2. The molecule has 1 unspecified atom stereocenters. The monoisotopic (exact) mass is 234 g/mol. The molecule has 0 saturated heterocycles. The average molecular weight is 234 g/mol. The number of rotatable bonds is 3. The third-order valence-corrected chi connectivity index (χ3v) is 3.42. The lowest BCUT2D eigenvalue weighted by molar-refractivity contribution is 0.300. The first-order valence-electron chi connectivity index (χ1n) is 5.19. The standard InChI is InChI=1S/C12H14N2OS/c1-8-3-4-11-10(5-8)12(14-7-13-11)16-9(2)6-15/h3-5,7,9,15H,6H2,1-2H3. The number of aromatic nitrogens is 2. The topological polar surface area (TPSA) is 46.0 Å². The van der Waals surface area contributed by atoms with Crippen LogP contribution in [0.2, 0.25) is 0 Å². The average Bonchev–Trinajstić information content (AvgIpc) is 2.29. The van der Waals surface area contributed by atoms with Gasteiger partial charge >= 0.3 is 0 Å². The summed E-state index contributed by atoms with van der Waals surface area (Å²) < 4.78 is 0. The van der Waals surface area contributed by atoms with Gasteiger partial charge in [0.1, 0.15) is 11.4 Å². The van der Waals surface area contributed by atoms with Crippen molar-refractivity contribution in [3.05, 3.63) is 30.1 Å². The molecule has 2 rings (SSSR count). The molecule has 0 bridgehead atoms. The number of aliphatic hydroxyl groups is 1. The second-order valence-electron chi connectivity index (χ2n) is 3.81. The van der Waals surface area contributed by atoms with Crippen molar-refractivity contribution in [2.75, 3.05) is 6.61 Å². The summed E-state index contributed by atoms with van der Waals surface area (Å²) in [6.07, 6.45) is 1.57. The van der Waals surface area contributed by atoms with Crippen LogP contribution in [0.1, 0.15) is 12.5 Å². The van der Waals surface area contributed by atoms with E-state index < -0.39 is 0 Å². The van der Waals surface area contributed by atoms with Crippen LogP contribution in [-0.2, 0) is 0 Å². The third-order valence-electron chi connectivity index (χ3n) is 2.32. The zero-order valence-electron chi connectivity index (χ0n) is 9.34. The molecule has 1 atom stereocenters. The first kappa shape index (κ1) is 11.4. The minimum atomic E-state index is 0.151. The molecule has 2 aromatic rings. The smallest absolute Gasteiger partial charge is 0.117 e. The largest absolute Gasteiger partial charge is 0.395 e. The number of aryl methyl sites for hydroxylation is 1. The van der Waals surface area contributed by atoms with E-state index in [-0.39, 0.29) is 11.9 Å². The van der Waals surface area contributed by atoms with Crippen molar-refractivity contribution in [1.29, 1.82) is 0 Å². The first-order chi connectivity index (χ1) is 7.70. The van der Waals surface area contributed by atoms with E-state index in [2.05, 4.69) is 23.0 Å². The van der Waals surface area contributed by atoms with E-state index in [1.165, 1.54) is 5.56 Å². The summed E-state index contributed by atoms with van der Waals surface area (Å²) in [6.45, 7) is 4.19. The molecule has 0 fully saturated rings. The van der Waals surface area contributed by atoms with E-state index in [9.17, 15) is 0 Å². The zero-order valence-corrected chi connectivity index (χ0v) is 10.2. The zero-order chi connectivity index (χ0) is 11.5. The van der Waals surface area contributed by atoms with Gasteiger partial charge in [-0.2, -0.15) is 0 Å². The van der Waals surface area contributed by atoms with Gasteiger partial charge in [-0.15, -0.1) is 11.8 Å². The van der Waals surface area contributed by atoms with Gasteiger partial charge in [-0.3, -0.25) is 0 Å². The van der Waals surface area contributed by atoms with Gasteiger partial charge in [0.05, 0.1) is 12.1 Å². The van der Waals surface area contributed by atoms with Crippen molar-refractivity contribution in [3.8, 4) is 0 Å². The molecular formula is C12H14N2OS. The first-order valence-corrected chi connectivity index (χ1v) is 6.07. The fourth-order valence-electron chi connectivity index (χ4n) is 1.47. The Balaban J connectivity index is 2.47. The van der Waals surface area contributed by atoms with Crippen molar-refractivity contribution in [2.45, 2.75) is 24.1 Å². The van der Waals surface area contributed by atoms with Crippen LogP contribution >= 0.6 is 11.8 Å². The number of thioether (sulfide) groups is 1. The summed E-state index contributed by atoms with van der Waals surface area (Å²) >= 11 is 1.58. The number of hydrogen-bond donors (Lipinski definition) is 1. The fraction of sp³-hybridized carbons (Fsp3) is 0.333. The molecule has 0 aliphatic carbocycles. The van der Waals surface area contributed by atoms with Crippen LogP contribution in [0.4, 0.5) is 0 Å². The van der Waals surface area contributed by atoms with Gasteiger partial charge in [-0.1, -0.05) is 18.6 Å². The lowest BCUT2D eigenvalue weighted by Crippen LogP contribution is -2.02. The van der Waals surface area contributed by atoms with Gasteiger partial charge in [-0.05, 0) is 19.1 Å². The minimum Gasteiger partial charge on any atom is -0.395 e.